The highest BCUT2D eigenvalue weighted by molar-refractivity contribution is 5.82. The van der Waals surface area contributed by atoms with Gasteiger partial charge in [0.25, 0.3) is 0 Å². The lowest BCUT2D eigenvalue weighted by Gasteiger charge is -2.36. The summed E-state index contributed by atoms with van der Waals surface area (Å²) in [5, 5.41) is 0. The molecule has 0 bridgehead atoms. The van der Waals surface area contributed by atoms with Crippen molar-refractivity contribution in [1.82, 2.24) is 0 Å². The molecule has 0 saturated heterocycles. The van der Waals surface area contributed by atoms with Gasteiger partial charge in [-0.2, -0.15) is 0 Å². The third-order valence-corrected chi connectivity index (χ3v) is 4.00. The molecule has 2 aromatic carbocycles. The van der Waals surface area contributed by atoms with E-state index < -0.39 is 0 Å². The number of fused-ring (bicyclic) bond motifs is 1. The van der Waals surface area contributed by atoms with Crippen molar-refractivity contribution in [3.8, 4) is 0 Å². The Hall–Kier alpha value is -2.29. The number of aryl methyl sites for hydroxylation is 1. The van der Waals surface area contributed by atoms with E-state index in [1.807, 2.05) is 36.4 Å². The SMILES string of the molecule is COC(=O)[C@H](c1ccccc1)N1CCCc2ccccc21. The lowest BCUT2D eigenvalue weighted by Crippen LogP contribution is -2.38. The molecule has 0 unspecified atom stereocenters. The van der Waals surface area contributed by atoms with Crippen LogP contribution in [-0.2, 0) is 16.0 Å². The van der Waals surface area contributed by atoms with Crippen LogP contribution in [0, 0.1) is 0 Å². The number of hydrogen-bond donors (Lipinski definition) is 0. The van der Waals surface area contributed by atoms with Crippen molar-refractivity contribution in [2.45, 2.75) is 18.9 Å². The molecule has 0 spiro atoms. The largest absolute Gasteiger partial charge is 0.467 e. The zero-order chi connectivity index (χ0) is 14.7. The monoisotopic (exact) mass is 281 g/mol. The van der Waals surface area contributed by atoms with Gasteiger partial charge in [-0.3, -0.25) is 0 Å². The second kappa shape index (κ2) is 6.00. The minimum absolute atomic E-state index is 0.210. The maximum atomic E-state index is 12.4. The first-order valence-corrected chi connectivity index (χ1v) is 7.28. The first-order valence-electron chi connectivity index (χ1n) is 7.28. The van der Waals surface area contributed by atoms with E-state index in [1.165, 1.54) is 12.7 Å². The number of benzene rings is 2. The highest BCUT2D eigenvalue weighted by atomic mass is 16.5. The van der Waals surface area contributed by atoms with Gasteiger partial charge >= 0.3 is 5.97 Å². The lowest BCUT2D eigenvalue weighted by atomic mass is 9.97. The summed E-state index contributed by atoms with van der Waals surface area (Å²) in [6.45, 7) is 0.867. The molecule has 3 nitrogen and oxygen atoms in total. The van der Waals surface area contributed by atoms with Crippen molar-refractivity contribution >= 4 is 11.7 Å². The fourth-order valence-corrected chi connectivity index (χ4v) is 3.02. The summed E-state index contributed by atoms with van der Waals surface area (Å²) >= 11 is 0. The molecule has 1 atom stereocenters. The number of hydrogen-bond acceptors (Lipinski definition) is 3. The summed E-state index contributed by atoms with van der Waals surface area (Å²) in [6.07, 6.45) is 2.12. The standard InChI is InChI=1S/C18H19NO2/c1-21-18(20)17(15-9-3-2-4-10-15)19-13-7-11-14-8-5-6-12-16(14)19/h2-6,8-10,12,17H,7,11,13H2,1H3/t17-/m0/s1. The van der Waals surface area contributed by atoms with Gasteiger partial charge in [-0.25, -0.2) is 4.79 Å². The molecule has 1 aliphatic heterocycles. The van der Waals surface area contributed by atoms with Crippen LogP contribution in [-0.4, -0.2) is 19.6 Å². The van der Waals surface area contributed by atoms with Gasteiger partial charge in [0.1, 0.15) is 0 Å². The zero-order valence-corrected chi connectivity index (χ0v) is 12.2. The van der Waals surface area contributed by atoms with Crippen LogP contribution in [0.3, 0.4) is 0 Å². The Kier molecular flexibility index (Phi) is 3.91. The van der Waals surface area contributed by atoms with Gasteiger partial charge in [0, 0.05) is 12.2 Å². The van der Waals surface area contributed by atoms with Gasteiger partial charge in [-0.1, -0.05) is 48.5 Å². The highest BCUT2D eigenvalue weighted by Crippen LogP contribution is 2.34. The second-order valence-corrected chi connectivity index (χ2v) is 5.26. The summed E-state index contributed by atoms with van der Waals surface area (Å²) in [5.74, 6) is -0.210. The lowest BCUT2D eigenvalue weighted by molar-refractivity contribution is -0.142. The van der Waals surface area contributed by atoms with Crippen molar-refractivity contribution in [3.63, 3.8) is 0 Å². The summed E-state index contributed by atoms with van der Waals surface area (Å²) in [4.78, 5) is 14.5. The minimum atomic E-state index is -0.377. The Morgan fingerprint density at radius 2 is 1.81 bits per heavy atom. The Morgan fingerprint density at radius 1 is 1.10 bits per heavy atom. The number of para-hydroxylation sites is 1. The summed E-state index contributed by atoms with van der Waals surface area (Å²) in [6, 6.07) is 17.8. The molecule has 108 valence electrons. The van der Waals surface area contributed by atoms with E-state index in [0.29, 0.717) is 0 Å². The third-order valence-electron chi connectivity index (χ3n) is 4.00. The van der Waals surface area contributed by atoms with Gasteiger partial charge in [0.15, 0.2) is 6.04 Å². The Labute approximate surface area is 125 Å². The van der Waals surface area contributed by atoms with Crippen molar-refractivity contribution in [1.29, 1.82) is 0 Å². The van der Waals surface area contributed by atoms with Crippen molar-refractivity contribution in [2.75, 3.05) is 18.6 Å². The number of methoxy groups -OCH3 is 1. The van der Waals surface area contributed by atoms with Crippen molar-refractivity contribution in [3.05, 3.63) is 65.7 Å². The molecule has 1 aliphatic rings. The van der Waals surface area contributed by atoms with Crippen LogP contribution in [0.1, 0.15) is 23.6 Å². The smallest absolute Gasteiger partial charge is 0.333 e. The molecule has 0 saturated carbocycles. The fourth-order valence-electron chi connectivity index (χ4n) is 3.02. The quantitative estimate of drug-likeness (QED) is 0.808. The van der Waals surface area contributed by atoms with Gasteiger partial charge < -0.3 is 9.64 Å². The molecule has 0 aromatic heterocycles. The zero-order valence-electron chi connectivity index (χ0n) is 12.2. The Morgan fingerprint density at radius 3 is 2.57 bits per heavy atom. The maximum Gasteiger partial charge on any atom is 0.333 e. The molecule has 2 aromatic rings. The molecule has 0 fully saturated rings. The van der Waals surface area contributed by atoms with Gasteiger partial charge in [-0.05, 0) is 30.0 Å². The second-order valence-electron chi connectivity index (χ2n) is 5.26. The average Bonchev–Trinajstić information content (AvgIpc) is 2.56. The Bertz CT molecular complexity index is 624. The number of anilines is 1. The normalized spacial score (nSPS) is 15.2. The van der Waals surface area contributed by atoms with Crippen LogP contribution in [0.4, 0.5) is 5.69 Å². The first-order chi connectivity index (χ1) is 10.3. The average molecular weight is 281 g/mol. The van der Waals surface area contributed by atoms with Crippen LogP contribution in [0.15, 0.2) is 54.6 Å². The van der Waals surface area contributed by atoms with Crippen molar-refractivity contribution in [2.24, 2.45) is 0 Å². The summed E-state index contributed by atoms with van der Waals surface area (Å²) in [7, 11) is 1.45. The van der Waals surface area contributed by atoms with E-state index in [9.17, 15) is 4.79 Å². The van der Waals surface area contributed by atoms with Gasteiger partial charge in [0.05, 0.1) is 7.11 Å². The number of rotatable bonds is 3. The third kappa shape index (κ3) is 2.64. The van der Waals surface area contributed by atoms with E-state index >= 15 is 0 Å². The minimum Gasteiger partial charge on any atom is -0.467 e. The Balaban J connectivity index is 2.04. The maximum absolute atomic E-state index is 12.4. The van der Waals surface area contributed by atoms with Crippen LogP contribution < -0.4 is 4.90 Å². The van der Waals surface area contributed by atoms with Crippen LogP contribution in [0.25, 0.3) is 0 Å². The molecule has 0 radical (unpaired) electrons. The molecule has 0 N–H and O–H groups in total. The van der Waals surface area contributed by atoms with Crippen LogP contribution in [0.2, 0.25) is 0 Å². The molecule has 0 amide bonds. The fraction of sp³-hybridized carbons (Fsp3) is 0.278. The first kappa shape index (κ1) is 13.7. The van der Waals surface area contributed by atoms with E-state index in [1.54, 1.807) is 0 Å². The van der Waals surface area contributed by atoms with E-state index in [4.69, 9.17) is 4.74 Å². The molecular weight excluding hydrogens is 262 g/mol. The number of ether oxygens (including phenoxy) is 1. The van der Waals surface area contributed by atoms with Gasteiger partial charge in [0.2, 0.25) is 0 Å². The highest BCUT2D eigenvalue weighted by Gasteiger charge is 2.31. The number of carbonyl (C=O) groups excluding carboxylic acids is 1. The van der Waals surface area contributed by atoms with E-state index in [0.717, 1.165) is 30.6 Å². The molecule has 3 rings (SSSR count). The van der Waals surface area contributed by atoms with Gasteiger partial charge in [-0.15, -0.1) is 0 Å². The molecule has 3 heteroatoms. The topological polar surface area (TPSA) is 29.5 Å². The number of nitrogens with zero attached hydrogens (tertiary/aromatic N) is 1. The number of esters is 1. The van der Waals surface area contributed by atoms with E-state index in [-0.39, 0.29) is 12.0 Å². The summed E-state index contributed by atoms with van der Waals surface area (Å²) < 4.78 is 5.05. The number of carbonyl (C=O) groups is 1. The predicted octanol–water partition coefficient (Wildman–Crippen LogP) is 3.35. The predicted molar refractivity (Wildman–Crippen MR) is 83.3 cm³/mol. The van der Waals surface area contributed by atoms with Crippen LogP contribution >= 0.6 is 0 Å². The molecule has 0 aliphatic carbocycles. The molecule has 1 heterocycles. The molecule has 21 heavy (non-hydrogen) atoms. The summed E-state index contributed by atoms with van der Waals surface area (Å²) in [5.41, 5.74) is 3.41. The van der Waals surface area contributed by atoms with E-state index in [2.05, 4.69) is 23.1 Å². The molecular formula is C18H19NO2. The van der Waals surface area contributed by atoms with Crippen LogP contribution in [0.5, 0.6) is 0 Å². The van der Waals surface area contributed by atoms with Crippen molar-refractivity contribution < 1.29 is 9.53 Å².